The normalized spacial score (nSPS) is 10.4. The van der Waals surface area contributed by atoms with Gasteiger partial charge in [-0.3, -0.25) is 0 Å². The van der Waals surface area contributed by atoms with Crippen LogP contribution in [0.15, 0.2) is 48.5 Å². The van der Waals surface area contributed by atoms with Crippen molar-refractivity contribution in [2.75, 3.05) is 17.7 Å². The summed E-state index contributed by atoms with van der Waals surface area (Å²) in [4.78, 5) is 8.88. The summed E-state index contributed by atoms with van der Waals surface area (Å²) in [6.07, 6.45) is 0. The minimum absolute atomic E-state index is 0.440. The Balaban J connectivity index is 1.91. The molecule has 0 saturated carbocycles. The first-order valence-corrected chi connectivity index (χ1v) is 8.29. The van der Waals surface area contributed by atoms with E-state index in [0.717, 1.165) is 11.4 Å². The number of nitrogens with one attached hydrogen (secondary N) is 2. The summed E-state index contributed by atoms with van der Waals surface area (Å²) >= 11 is 12.4. The molecule has 2 N–H and O–H groups in total. The second-order valence-corrected chi connectivity index (χ2v) is 6.08. The first-order chi connectivity index (χ1) is 12.1. The summed E-state index contributed by atoms with van der Waals surface area (Å²) in [5.74, 6) is 1.73. The highest BCUT2D eigenvalue weighted by atomic mass is 35.5. The topological polar surface area (TPSA) is 59.1 Å². The van der Waals surface area contributed by atoms with Gasteiger partial charge in [-0.2, -0.15) is 4.98 Å². The summed E-state index contributed by atoms with van der Waals surface area (Å²) in [5.41, 5.74) is 2.17. The second kappa shape index (κ2) is 7.59. The molecule has 0 saturated heterocycles. The smallest absolute Gasteiger partial charge is 0.229 e. The van der Waals surface area contributed by atoms with Gasteiger partial charge < -0.3 is 15.4 Å². The number of benzene rings is 2. The van der Waals surface area contributed by atoms with E-state index >= 15 is 0 Å². The molecule has 1 heterocycles. The van der Waals surface area contributed by atoms with Gasteiger partial charge in [-0.15, -0.1) is 0 Å². The molecule has 0 atom stereocenters. The van der Waals surface area contributed by atoms with Gasteiger partial charge in [0, 0.05) is 11.8 Å². The molecular weight excluding hydrogens is 359 g/mol. The van der Waals surface area contributed by atoms with Crippen LogP contribution in [0.2, 0.25) is 10.0 Å². The van der Waals surface area contributed by atoms with Crippen LogP contribution in [-0.4, -0.2) is 17.1 Å². The van der Waals surface area contributed by atoms with Crippen molar-refractivity contribution in [1.82, 2.24) is 9.97 Å². The minimum atomic E-state index is 0.440. The van der Waals surface area contributed by atoms with Crippen LogP contribution in [0.1, 0.15) is 5.69 Å². The number of para-hydroxylation sites is 3. The van der Waals surface area contributed by atoms with Gasteiger partial charge in [0.25, 0.3) is 0 Å². The van der Waals surface area contributed by atoms with Crippen LogP contribution in [0, 0.1) is 6.92 Å². The van der Waals surface area contributed by atoms with E-state index in [9.17, 15) is 0 Å². The van der Waals surface area contributed by atoms with Crippen LogP contribution < -0.4 is 15.4 Å². The van der Waals surface area contributed by atoms with Crippen LogP contribution >= 0.6 is 23.2 Å². The van der Waals surface area contributed by atoms with Crippen molar-refractivity contribution in [1.29, 1.82) is 0 Å². The van der Waals surface area contributed by atoms with Crippen molar-refractivity contribution >= 4 is 46.3 Å². The molecule has 0 radical (unpaired) electrons. The molecule has 7 heteroatoms. The third-order valence-electron chi connectivity index (χ3n) is 3.42. The summed E-state index contributed by atoms with van der Waals surface area (Å²) < 4.78 is 5.34. The largest absolute Gasteiger partial charge is 0.495 e. The molecule has 0 aliphatic heterocycles. The van der Waals surface area contributed by atoms with Crippen LogP contribution in [-0.2, 0) is 0 Å². The van der Waals surface area contributed by atoms with E-state index < -0.39 is 0 Å². The molecule has 2 aromatic carbocycles. The zero-order valence-corrected chi connectivity index (χ0v) is 15.2. The molecule has 0 fully saturated rings. The van der Waals surface area contributed by atoms with E-state index in [1.54, 1.807) is 25.3 Å². The summed E-state index contributed by atoms with van der Waals surface area (Å²) in [7, 11) is 1.62. The van der Waals surface area contributed by atoms with Gasteiger partial charge in [-0.25, -0.2) is 4.98 Å². The average molecular weight is 375 g/mol. The lowest BCUT2D eigenvalue weighted by Gasteiger charge is -2.13. The fourth-order valence-corrected chi connectivity index (χ4v) is 2.79. The number of aryl methyl sites for hydroxylation is 1. The van der Waals surface area contributed by atoms with Crippen LogP contribution in [0.25, 0.3) is 0 Å². The molecule has 0 bridgehead atoms. The van der Waals surface area contributed by atoms with E-state index in [1.165, 1.54) is 0 Å². The highest BCUT2D eigenvalue weighted by Crippen LogP contribution is 2.32. The maximum absolute atomic E-state index is 6.21. The Morgan fingerprint density at radius 1 is 0.920 bits per heavy atom. The van der Waals surface area contributed by atoms with E-state index in [4.69, 9.17) is 27.9 Å². The molecule has 128 valence electrons. The highest BCUT2D eigenvalue weighted by Gasteiger charge is 2.10. The fourth-order valence-electron chi connectivity index (χ4n) is 2.30. The molecule has 25 heavy (non-hydrogen) atoms. The van der Waals surface area contributed by atoms with Gasteiger partial charge >= 0.3 is 0 Å². The molecule has 3 aromatic rings. The number of rotatable bonds is 5. The molecule has 3 rings (SSSR count). The lowest BCUT2D eigenvalue weighted by molar-refractivity contribution is 0.417. The number of hydrogen-bond acceptors (Lipinski definition) is 5. The SMILES string of the molecule is COc1ccccc1Nc1nc(C)cc(Nc2c(Cl)cccc2Cl)n1. The highest BCUT2D eigenvalue weighted by molar-refractivity contribution is 6.39. The number of aromatic nitrogens is 2. The van der Waals surface area contributed by atoms with Crippen LogP contribution in [0.5, 0.6) is 5.75 Å². The maximum atomic E-state index is 6.21. The average Bonchev–Trinajstić information content (AvgIpc) is 2.58. The Bertz CT molecular complexity index is 882. The van der Waals surface area contributed by atoms with Gasteiger partial charge in [0.2, 0.25) is 5.95 Å². The fraction of sp³-hybridized carbons (Fsp3) is 0.111. The molecule has 0 aliphatic carbocycles. The number of hydrogen-bond donors (Lipinski definition) is 2. The Hall–Kier alpha value is -2.50. The molecule has 0 spiro atoms. The minimum Gasteiger partial charge on any atom is -0.495 e. The van der Waals surface area contributed by atoms with Crippen molar-refractivity contribution < 1.29 is 4.74 Å². The van der Waals surface area contributed by atoms with Gasteiger partial charge in [0.05, 0.1) is 28.5 Å². The molecule has 0 aliphatic rings. The maximum Gasteiger partial charge on any atom is 0.229 e. The molecular formula is C18H16Cl2N4O. The van der Waals surface area contributed by atoms with Crippen molar-refractivity contribution in [3.05, 3.63) is 64.3 Å². The zero-order valence-electron chi connectivity index (χ0n) is 13.7. The first kappa shape index (κ1) is 17.3. The molecule has 1 aromatic heterocycles. The van der Waals surface area contributed by atoms with E-state index in [1.807, 2.05) is 37.3 Å². The summed E-state index contributed by atoms with van der Waals surface area (Å²) in [6, 6.07) is 14.7. The lowest BCUT2D eigenvalue weighted by Crippen LogP contribution is -2.03. The lowest BCUT2D eigenvalue weighted by atomic mass is 10.3. The van der Waals surface area contributed by atoms with Crippen LogP contribution in [0.3, 0.4) is 0 Å². The number of nitrogens with zero attached hydrogens (tertiary/aromatic N) is 2. The number of methoxy groups -OCH3 is 1. The Kier molecular flexibility index (Phi) is 5.26. The summed E-state index contributed by atoms with van der Waals surface area (Å²) in [6.45, 7) is 1.88. The molecule has 0 unspecified atom stereocenters. The Labute approximate surface area is 156 Å². The quantitative estimate of drug-likeness (QED) is 0.609. The third kappa shape index (κ3) is 4.13. The van der Waals surface area contributed by atoms with Crippen molar-refractivity contribution in [3.8, 4) is 5.75 Å². The van der Waals surface area contributed by atoms with Crippen molar-refractivity contribution in [2.24, 2.45) is 0 Å². The predicted molar refractivity (Wildman–Crippen MR) is 103 cm³/mol. The third-order valence-corrected chi connectivity index (χ3v) is 4.05. The van der Waals surface area contributed by atoms with Gasteiger partial charge in [-0.1, -0.05) is 41.4 Å². The number of halogens is 2. The number of anilines is 4. The molecule has 0 amide bonds. The standard InChI is InChI=1S/C18H16Cl2N4O/c1-11-10-16(23-17-12(19)6-5-7-13(17)20)24-18(21-11)22-14-8-3-4-9-15(14)25-2/h3-10H,1-2H3,(H2,21,22,23,24). The Morgan fingerprint density at radius 3 is 2.36 bits per heavy atom. The van der Waals surface area contributed by atoms with Gasteiger partial charge in [-0.05, 0) is 31.2 Å². The number of ether oxygens (including phenoxy) is 1. The van der Waals surface area contributed by atoms with Crippen LogP contribution in [0.4, 0.5) is 23.1 Å². The van der Waals surface area contributed by atoms with E-state index in [-0.39, 0.29) is 0 Å². The molecule has 5 nitrogen and oxygen atoms in total. The van der Waals surface area contributed by atoms with Crippen molar-refractivity contribution in [3.63, 3.8) is 0 Å². The monoisotopic (exact) mass is 374 g/mol. The second-order valence-electron chi connectivity index (χ2n) is 5.27. The van der Waals surface area contributed by atoms with Gasteiger partial charge in [0.1, 0.15) is 11.6 Å². The van der Waals surface area contributed by atoms with E-state index in [2.05, 4.69) is 20.6 Å². The van der Waals surface area contributed by atoms with Crippen molar-refractivity contribution in [2.45, 2.75) is 6.92 Å². The first-order valence-electron chi connectivity index (χ1n) is 7.53. The van der Waals surface area contributed by atoms with Gasteiger partial charge in [0.15, 0.2) is 0 Å². The zero-order chi connectivity index (χ0) is 17.8. The predicted octanol–water partition coefficient (Wildman–Crippen LogP) is 5.59. The van der Waals surface area contributed by atoms with E-state index in [0.29, 0.717) is 33.2 Å². The Morgan fingerprint density at radius 2 is 1.64 bits per heavy atom. The summed E-state index contributed by atoms with van der Waals surface area (Å²) in [5, 5.41) is 7.35.